The molecule has 4 saturated heterocycles. The van der Waals surface area contributed by atoms with Crippen LogP contribution in [0.15, 0.2) is 35.4 Å². The molecule has 1 aromatic heterocycles. The SMILES string of the molecule is c1ccc(Nc2nc(N/N=C3\CN4CCC3CC4)nc(N3CCCCC3)n2)cc1. The van der Waals surface area contributed by atoms with Crippen molar-refractivity contribution in [1.29, 1.82) is 0 Å². The van der Waals surface area contributed by atoms with Crippen LogP contribution in [0.1, 0.15) is 32.1 Å². The molecule has 8 heteroatoms. The first-order valence-electron chi connectivity index (χ1n) is 10.7. The fourth-order valence-electron chi connectivity index (χ4n) is 4.39. The lowest BCUT2D eigenvalue weighted by Crippen LogP contribution is -2.48. The van der Waals surface area contributed by atoms with Gasteiger partial charge in [0, 0.05) is 31.2 Å². The summed E-state index contributed by atoms with van der Waals surface area (Å²) in [5.41, 5.74) is 5.32. The maximum atomic E-state index is 4.70. The second-order valence-electron chi connectivity index (χ2n) is 8.09. The number of benzene rings is 1. The van der Waals surface area contributed by atoms with Gasteiger partial charge < -0.3 is 10.2 Å². The van der Waals surface area contributed by atoms with Gasteiger partial charge in [-0.2, -0.15) is 20.1 Å². The molecule has 0 spiro atoms. The molecular formula is C21H28N8. The molecular weight excluding hydrogens is 364 g/mol. The molecule has 29 heavy (non-hydrogen) atoms. The summed E-state index contributed by atoms with van der Waals surface area (Å²) in [5, 5.41) is 8.00. The Morgan fingerprint density at radius 1 is 0.862 bits per heavy atom. The van der Waals surface area contributed by atoms with Crippen LogP contribution in [-0.2, 0) is 0 Å². The number of hydrogen-bond donors (Lipinski definition) is 2. The molecule has 6 rings (SSSR count). The predicted octanol–water partition coefficient (Wildman–Crippen LogP) is 3.10. The zero-order valence-corrected chi connectivity index (χ0v) is 16.7. The van der Waals surface area contributed by atoms with Gasteiger partial charge in [-0.15, -0.1) is 0 Å². The molecule has 0 atom stereocenters. The molecule has 0 amide bonds. The van der Waals surface area contributed by atoms with Crippen LogP contribution in [0.25, 0.3) is 0 Å². The first-order chi connectivity index (χ1) is 14.3. The lowest BCUT2D eigenvalue weighted by atomic mass is 9.87. The van der Waals surface area contributed by atoms with Crippen molar-refractivity contribution in [3.8, 4) is 0 Å². The monoisotopic (exact) mass is 392 g/mol. The Bertz CT molecular complexity index is 854. The van der Waals surface area contributed by atoms with Crippen molar-refractivity contribution in [3.05, 3.63) is 30.3 Å². The molecule has 152 valence electrons. The number of nitrogens with one attached hydrogen (secondary N) is 2. The molecule has 0 unspecified atom stereocenters. The van der Waals surface area contributed by atoms with E-state index in [1.165, 1.54) is 50.9 Å². The van der Waals surface area contributed by atoms with Gasteiger partial charge in [-0.25, -0.2) is 5.43 Å². The number of fused-ring (bicyclic) bond motifs is 3. The molecule has 2 N–H and O–H groups in total. The van der Waals surface area contributed by atoms with Crippen LogP contribution in [0.2, 0.25) is 0 Å². The fourth-order valence-corrected chi connectivity index (χ4v) is 4.39. The highest BCUT2D eigenvalue weighted by atomic mass is 15.4. The molecule has 5 heterocycles. The average Bonchev–Trinajstić information content (AvgIpc) is 2.80. The summed E-state index contributed by atoms with van der Waals surface area (Å²) in [6, 6.07) is 9.99. The van der Waals surface area contributed by atoms with Crippen molar-refractivity contribution >= 4 is 29.2 Å². The zero-order chi connectivity index (χ0) is 19.5. The number of para-hydroxylation sites is 1. The summed E-state index contributed by atoms with van der Waals surface area (Å²) in [6.45, 7) is 5.32. The van der Waals surface area contributed by atoms with E-state index in [2.05, 4.69) is 35.5 Å². The smallest absolute Gasteiger partial charge is 0.250 e. The largest absolute Gasteiger partial charge is 0.341 e. The van der Waals surface area contributed by atoms with Gasteiger partial charge in [0.05, 0.1) is 5.71 Å². The van der Waals surface area contributed by atoms with Crippen LogP contribution in [-0.4, -0.2) is 58.3 Å². The number of nitrogens with zero attached hydrogens (tertiary/aromatic N) is 6. The third-order valence-electron chi connectivity index (χ3n) is 6.04. The third kappa shape index (κ3) is 4.32. The van der Waals surface area contributed by atoms with Gasteiger partial charge in [0.15, 0.2) is 0 Å². The first kappa shape index (κ1) is 18.3. The molecule has 0 saturated carbocycles. The summed E-state index contributed by atoms with van der Waals surface area (Å²) in [6.07, 6.45) is 6.04. The van der Waals surface area contributed by atoms with E-state index in [-0.39, 0.29) is 0 Å². The number of aromatic nitrogens is 3. The standard InChI is InChI=1S/C21H28N8/c1-3-7-17(8-4-1)22-19-23-20(25-21(24-19)29-11-5-2-6-12-29)27-26-18-15-28-13-9-16(18)10-14-28/h1,3-4,7-8,16H,2,5-6,9-15H2,(H2,22,23,24,25,27)/b26-18+. The Morgan fingerprint density at radius 2 is 1.62 bits per heavy atom. The lowest BCUT2D eigenvalue weighted by molar-refractivity contribution is 0.200. The van der Waals surface area contributed by atoms with Crippen molar-refractivity contribution in [2.75, 3.05) is 48.4 Å². The molecule has 0 radical (unpaired) electrons. The van der Waals surface area contributed by atoms with Crippen LogP contribution in [0, 0.1) is 5.92 Å². The van der Waals surface area contributed by atoms with E-state index in [0.717, 1.165) is 31.3 Å². The molecule has 4 aliphatic rings. The molecule has 2 aromatic rings. The fraction of sp³-hybridized carbons (Fsp3) is 0.524. The van der Waals surface area contributed by atoms with Crippen LogP contribution in [0.3, 0.4) is 0 Å². The molecule has 4 aliphatic heterocycles. The van der Waals surface area contributed by atoms with Crippen LogP contribution >= 0.6 is 0 Å². The van der Waals surface area contributed by atoms with E-state index in [9.17, 15) is 0 Å². The Balaban J connectivity index is 1.39. The first-order valence-corrected chi connectivity index (χ1v) is 10.7. The van der Waals surface area contributed by atoms with Crippen LogP contribution in [0.5, 0.6) is 0 Å². The highest BCUT2D eigenvalue weighted by Crippen LogP contribution is 2.26. The Morgan fingerprint density at radius 3 is 2.34 bits per heavy atom. The van der Waals surface area contributed by atoms with Crippen LogP contribution in [0.4, 0.5) is 23.5 Å². The predicted molar refractivity (Wildman–Crippen MR) is 116 cm³/mol. The van der Waals surface area contributed by atoms with Crippen LogP contribution < -0.4 is 15.6 Å². The Kier molecular flexibility index (Phi) is 5.25. The van der Waals surface area contributed by atoms with Gasteiger partial charge in [-0.05, 0) is 57.3 Å². The summed E-state index contributed by atoms with van der Waals surface area (Å²) in [5.74, 6) is 2.36. The van der Waals surface area contributed by atoms with Gasteiger partial charge >= 0.3 is 0 Å². The summed E-state index contributed by atoms with van der Waals surface area (Å²) in [4.78, 5) is 18.6. The molecule has 1 aromatic carbocycles. The van der Waals surface area contributed by atoms with Crippen molar-refractivity contribution < 1.29 is 0 Å². The Labute approximate surface area is 171 Å². The highest BCUT2D eigenvalue weighted by Gasteiger charge is 2.31. The van der Waals surface area contributed by atoms with E-state index >= 15 is 0 Å². The van der Waals surface area contributed by atoms with Crippen molar-refractivity contribution in [2.24, 2.45) is 11.0 Å². The quantitative estimate of drug-likeness (QED) is 0.757. The maximum Gasteiger partial charge on any atom is 0.250 e. The average molecular weight is 393 g/mol. The topological polar surface area (TPSA) is 81.6 Å². The third-order valence-corrected chi connectivity index (χ3v) is 6.04. The van der Waals surface area contributed by atoms with Crippen molar-refractivity contribution in [1.82, 2.24) is 19.9 Å². The van der Waals surface area contributed by atoms with E-state index in [1.807, 2.05) is 30.3 Å². The normalized spacial score (nSPS) is 25.2. The second kappa shape index (κ2) is 8.32. The number of piperidine rings is 4. The number of rotatable bonds is 5. The molecule has 2 bridgehead atoms. The van der Waals surface area contributed by atoms with E-state index in [0.29, 0.717) is 17.8 Å². The minimum Gasteiger partial charge on any atom is -0.341 e. The maximum absolute atomic E-state index is 4.70. The summed E-state index contributed by atoms with van der Waals surface area (Å²) >= 11 is 0. The van der Waals surface area contributed by atoms with Gasteiger partial charge in [0.25, 0.3) is 0 Å². The Hall–Kier alpha value is -2.74. The second-order valence-corrected chi connectivity index (χ2v) is 8.09. The highest BCUT2D eigenvalue weighted by molar-refractivity contribution is 5.90. The van der Waals surface area contributed by atoms with Gasteiger partial charge in [-0.3, -0.25) is 4.90 Å². The zero-order valence-electron chi connectivity index (χ0n) is 16.7. The molecule has 8 nitrogen and oxygen atoms in total. The number of anilines is 4. The summed E-state index contributed by atoms with van der Waals surface area (Å²) in [7, 11) is 0. The van der Waals surface area contributed by atoms with E-state index in [4.69, 9.17) is 5.10 Å². The number of hydrazone groups is 1. The lowest BCUT2D eigenvalue weighted by Gasteiger charge is -2.39. The van der Waals surface area contributed by atoms with Gasteiger partial charge in [0.2, 0.25) is 17.8 Å². The molecule has 0 aliphatic carbocycles. The van der Waals surface area contributed by atoms with Gasteiger partial charge in [-0.1, -0.05) is 18.2 Å². The minimum absolute atomic E-state index is 0.503. The van der Waals surface area contributed by atoms with Crippen molar-refractivity contribution in [2.45, 2.75) is 32.1 Å². The van der Waals surface area contributed by atoms with Crippen molar-refractivity contribution in [3.63, 3.8) is 0 Å². The van der Waals surface area contributed by atoms with Gasteiger partial charge in [0.1, 0.15) is 0 Å². The van der Waals surface area contributed by atoms with E-state index in [1.54, 1.807) is 0 Å². The number of hydrogen-bond acceptors (Lipinski definition) is 8. The minimum atomic E-state index is 0.503. The van der Waals surface area contributed by atoms with E-state index < -0.39 is 0 Å². The summed E-state index contributed by atoms with van der Waals surface area (Å²) < 4.78 is 0. The molecule has 4 fully saturated rings.